The Hall–Kier alpha value is -1.84. The summed E-state index contributed by atoms with van der Waals surface area (Å²) in [6.07, 6.45) is 0. The minimum Gasteiger partial charge on any atom is -0.411 e. The summed E-state index contributed by atoms with van der Waals surface area (Å²) in [6, 6.07) is 7.85. The number of fused-ring (bicyclic) bond motifs is 1. The molecule has 0 amide bonds. The molecule has 0 saturated carbocycles. The van der Waals surface area contributed by atoms with Crippen LogP contribution in [0.1, 0.15) is 12.6 Å². The van der Waals surface area contributed by atoms with Gasteiger partial charge in [0.1, 0.15) is 11.4 Å². The molecular weight excluding hydrogens is 178 g/mol. The van der Waals surface area contributed by atoms with Crippen molar-refractivity contribution < 1.29 is 5.21 Å². The van der Waals surface area contributed by atoms with Gasteiger partial charge in [0.05, 0.1) is 5.52 Å². The Balaban J connectivity index is 2.79. The molecule has 0 saturated heterocycles. The lowest BCUT2D eigenvalue weighted by atomic mass is 10.1. The van der Waals surface area contributed by atoms with E-state index >= 15 is 0 Å². The second kappa shape index (κ2) is 3.14. The molecular formula is C10H11N3O. The fraction of sp³-hybridized carbons (Fsp3) is 0.200. The van der Waals surface area contributed by atoms with Gasteiger partial charge in [-0.3, -0.25) is 4.68 Å². The van der Waals surface area contributed by atoms with Crippen molar-refractivity contribution in [1.29, 1.82) is 0 Å². The summed E-state index contributed by atoms with van der Waals surface area (Å²) in [5, 5.41) is 17.1. The van der Waals surface area contributed by atoms with Gasteiger partial charge in [0.2, 0.25) is 0 Å². The van der Waals surface area contributed by atoms with E-state index in [4.69, 9.17) is 5.21 Å². The first-order chi connectivity index (χ1) is 6.74. The Bertz CT molecular complexity index is 499. The van der Waals surface area contributed by atoms with Gasteiger partial charge >= 0.3 is 0 Å². The maximum atomic E-state index is 8.70. The van der Waals surface area contributed by atoms with Crippen molar-refractivity contribution in [3.05, 3.63) is 30.0 Å². The topological polar surface area (TPSA) is 50.4 Å². The van der Waals surface area contributed by atoms with E-state index in [0.717, 1.165) is 16.6 Å². The Morgan fingerprint density at radius 3 is 2.86 bits per heavy atom. The van der Waals surface area contributed by atoms with Gasteiger partial charge in [0.15, 0.2) is 0 Å². The lowest BCUT2D eigenvalue weighted by molar-refractivity contribution is 0.319. The van der Waals surface area contributed by atoms with Crippen LogP contribution in [0.5, 0.6) is 0 Å². The van der Waals surface area contributed by atoms with Crippen molar-refractivity contribution in [3.63, 3.8) is 0 Å². The number of benzene rings is 1. The maximum absolute atomic E-state index is 8.70. The molecule has 4 nitrogen and oxygen atoms in total. The van der Waals surface area contributed by atoms with E-state index in [-0.39, 0.29) is 0 Å². The number of oxime groups is 1. The Morgan fingerprint density at radius 1 is 1.43 bits per heavy atom. The van der Waals surface area contributed by atoms with E-state index in [1.165, 1.54) is 0 Å². The summed E-state index contributed by atoms with van der Waals surface area (Å²) < 4.78 is 1.78. The summed E-state index contributed by atoms with van der Waals surface area (Å²) in [5.74, 6) is 0. The van der Waals surface area contributed by atoms with E-state index in [1.807, 2.05) is 31.3 Å². The van der Waals surface area contributed by atoms with Gasteiger partial charge < -0.3 is 5.21 Å². The minimum absolute atomic E-state index is 0.529. The molecule has 0 spiro atoms. The Kier molecular flexibility index (Phi) is 1.96. The third-order valence-corrected chi connectivity index (χ3v) is 2.25. The second-order valence-electron chi connectivity index (χ2n) is 3.17. The number of para-hydroxylation sites is 1. The molecule has 1 heterocycles. The molecule has 2 rings (SSSR count). The standard InChI is InChI=1S/C10H11N3O/c1-7(12-14)10-8-5-3-4-6-9(8)13(2)11-10/h3-6,14H,1-2H3/b12-7-. The number of hydrogen-bond donors (Lipinski definition) is 1. The van der Waals surface area contributed by atoms with Gasteiger partial charge in [-0.1, -0.05) is 23.4 Å². The lowest BCUT2D eigenvalue weighted by Gasteiger charge is -1.91. The third-order valence-electron chi connectivity index (χ3n) is 2.25. The van der Waals surface area contributed by atoms with Crippen LogP contribution in [-0.4, -0.2) is 20.7 Å². The lowest BCUT2D eigenvalue weighted by Crippen LogP contribution is -1.97. The highest BCUT2D eigenvalue weighted by Gasteiger charge is 2.09. The monoisotopic (exact) mass is 189 g/mol. The summed E-state index contributed by atoms with van der Waals surface area (Å²) in [5.41, 5.74) is 2.29. The molecule has 0 aliphatic heterocycles. The van der Waals surface area contributed by atoms with E-state index < -0.39 is 0 Å². The van der Waals surface area contributed by atoms with Crippen LogP contribution in [0.2, 0.25) is 0 Å². The smallest absolute Gasteiger partial charge is 0.117 e. The Morgan fingerprint density at radius 2 is 2.14 bits per heavy atom. The largest absolute Gasteiger partial charge is 0.411 e. The van der Waals surface area contributed by atoms with Gasteiger partial charge in [-0.05, 0) is 13.0 Å². The highest BCUT2D eigenvalue weighted by atomic mass is 16.4. The van der Waals surface area contributed by atoms with Crippen LogP contribution >= 0.6 is 0 Å². The molecule has 0 atom stereocenters. The molecule has 2 aromatic rings. The first-order valence-corrected chi connectivity index (χ1v) is 4.35. The normalized spacial score (nSPS) is 12.3. The first-order valence-electron chi connectivity index (χ1n) is 4.35. The molecule has 0 unspecified atom stereocenters. The van der Waals surface area contributed by atoms with Crippen LogP contribution in [0.25, 0.3) is 10.9 Å². The number of nitrogens with zero attached hydrogens (tertiary/aromatic N) is 3. The molecule has 0 aliphatic carbocycles. The minimum atomic E-state index is 0.529. The van der Waals surface area contributed by atoms with Gasteiger partial charge in [-0.25, -0.2) is 0 Å². The van der Waals surface area contributed by atoms with Crippen LogP contribution in [-0.2, 0) is 7.05 Å². The maximum Gasteiger partial charge on any atom is 0.117 e. The van der Waals surface area contributed by atoms with E-state index in [0.29, 0.717) is 5.71 Å². The van der Waals surface area contributed by atoms with Gasteiger partial charge in [-0.15, -0.1) is 0 Å². The average Bonchev–Trinajstić information content (AvgIpc) is 2.56. The zero-order valence-electron chi connectivity index (χ0n) is 8.10. The molecule has 72 valence electrons. The predicted octanol–water partition coefficient (Wildman–Crippen LogP) is 1.77. The number of aromatic nitrogens is 2. The predicted molar refractivity (Wildman–Crippen MR) is 54.7 cm³/mol. The molecule has 0 bridgehead atoms. The van der Waals surface area contributed by atoms with E-state index in [1.54, 1.807) is 11.6 Å². The van der Waals surface area contributed by atoms with Crippen molar-refractivity contribution in [2.24, 2.45) is 12.2 Å². The summed E-state index contributed by atoms with van der Waals surface area (Å²) >= 11 is 0. The Labute approximate surface area is 81.5 Å². The second-order valence-corrected chi connectivity index (χ2v) is 3.17. The molecule has 1 N–H and O–H groups in total. The molecule has 0 radical (unpaired) electrons. The first kappa shape index (κ1) is 8.74. The molecule has 0 aliphatic rings. The number of rotatable bonds is 1. The van der Waals surface area contributed by atoms with Gasteiger partial charge in [0.25, 0.3) is 0 Å². The van der Waals surface area contributed by atoms with E-state index in [9.17, 15) is 0 Å². The van der Waals surface area contributed by atoms with Crippen LogP contribution in [0.3, 0.4) is 0 Å². The highest BCUT2D eigenvalue weighted by Crippen LogP contribution is 2.17. The molecule has 1 aromatic carbocycles. The van der Waals surface area contributed by atoms with Gasteiger partial charge in [0, 0.05) is 12.4 Å². The fourth-order valence-corrected chi connectivity index (χ4v) is 1.53. The zero-order valence-corrected chi connectivity index (χ0v) is 8.10. The number of hydrogen-bond acceptors (Lipinski definition) is 3. The SMILES string of the molecule is C/C(=N/O)c1nn(C)c2ccccc12. The van der Waals surface area contributed by atoms with Crippen molar-refractivity contribution in [3.8, 4) is 0 Å². The summed E-state index contributed by atoms with van der Waals surface area (Å²) in [6.45, 7) is 1.73. The summed E-state index contributed by atoms with van der Waals surface area (Å²) in [7, 11) is 1.87. The van der Waals surface area contributed by atoms with Crippen molar-refractivity contribution in [1.82, 2.24) is 9.78 Å². The van der Waals surface area contributed by atoms with Gasteiger partial charge in [-0.2, -0.15) is 5.10 Å². The molecule has 14 heavy (non-hydrogen) atoms. The van der Waals surface area contributed by atoms with E-state index in [2.05, 4.69) is 10.3 Å². The van der Waals surface area contributed by atoms with Crippen LogP contribution in [0.4, 0.5) is 0 Å². The van der Waals surface area contributed by atoms with Crippen LogP contribution in [0, 0.1) is 0 Å². The quantitative estimate of drug-likeness (QED) is 0.422. The molecule has 0 fully saturated rings. The molecule has 1 aromatic heterocycles. The highest BCUT2D eigenvalue weighted by molar-refractivity contribution is 6.07. The summed E-state index contributed by atoms with van der Waals surface area (Å²) in [4.78, 5) is 0. The van der Waals surface area contributed by atoms with Crippen molar-refractivity contribution >= 4 is 16.6 Å². The van der Waals surface area contributed by atoms with Crippen LogP contribution in [0.15, 0.2) is 29.4 Å². The van der Waals surface area contributed by atoms with Crippen LogP contribution < -0.4 is 0 Å². The van der Waals surface area contributed by atoms with Crippen molar-refractivity contribution in [2.45, 2.75) is 6.92 Å². The third kappa shape index (κ3) is 1.16. The fourth-order valence-electron chi connectivity index (χ4n) is 1.53. The van der Waals surface area contributed by atoms with Crippen molar-refractivity contribution in [2.75, 3.05) is 0 Å². The number of aryl methyl sites for hydroxylation is 1. The zero-order chi connectivity index (χ0) is 10.1. The average molecular weight is 189 g/mol. The molecule has 4 heteroatoms.